The number of nitrogens with zero attached hydrogens (tertiary/aromatic N) is 1. The number of carbonyl (C=O) groups is 5. The average Bonchev–Trinajstić information content (AvgIpc) is 3.21. The van der Waals surface area contributed by atoms with Gasteiger partial charge >= 0.3 is 6.03 Å². The Kier molecular flexibility index (Phi) is 10.1. The maximum absolute atomic E-state index is 14.2. The van der Waals surface area contributed by atoms with Gasteiger partial charge in [-0.1, -0.05) is 52.5 Å². The summed E-state index contributed by atoms with van der Waals surface area (Å²) in [5, 5.41) is 11.2. The predicted octanol–water partition coefficient (Wildman–Crippen LogP) is 2.67. The van der Waals surface area contributed by atoms with Crippen molar-refractivity contribution in [3.63, 3.8) is 0 Å². The fraction of sp³-hybridized carbons (Fsp3) is 0.767. The Hall–Kier alpha value is -2.91. The third-order valence-electron chi connectivity index (χ3n) is 8.76. The summed E-state index contributed by atoms with van der Waals surface area (Å²) in [5.41, 5.74) is -0.591. The second-order valence-electron chi connectivity index (χ2n) is 13.3. The molecule has 1 unspecified atom stereocenters. The number of rotatable bonds is 11. The van der Waals surface area contributed by atoms with Gasteiger partial charge < -0.3 is 26.2 Å². The molecule has 2 saturated carbocycles. The molecule has 0 spiro atoms. The van der Waals surface area contributed by atoms with Crippen molar-refractivity contribution in [1.82, 2.24) is 26.2 Å². The van der Waals surface area contributed by atoms with Crippen LogP contribution in [0.1, 0.15) is 86.5 Å². The highest BCUT2D eigenvalue weighted by Crippen LogP contribution is 2.65. The van der Waals surface area contributed by atoms with Crippen LogP contribution in [0.2, 0.25) is 0 Å². The summed E-state index contributed by atoms with van der Waals surface area (Å²) < 4.78 is 0. The van der Waals surface area contributed by atoms with Crippen molar-refractivity contribution in [3.05, 3.63) is 12.7 Å². The Labute approximate surface area is 238 Å². The Morgan fingerprint density at radius 3 is 2.27 bits per heavy atom. The molecule has 5 atom stereocenters. The molecule has 0 aromatic rings. The van der Waals surface area contributed by atoms with E-state index in [1.165, 1.54) is 6.08 Å². The largest absolute Gasteiger partial charge is 0.346 e. The maximum Gasteiger partial charge on any atom is 0.315 e. The second kappa shape index (κ2) is 12.7. The minimum absolute atomic E-state index is 0.0106. The van der Waals surface area contributed by atoms with Crippen LogP contribution >= 0.6 is 0 Å². The van der Waals surface area contributed by atoms with Gasteiger partial charge in [0.15, 0.2) is 0 Å². The molecule has 0 radical (unpaired) electrons. The van der Waals surface area contributed by atoms with E-state index in [1.54, 1.807) is 4.90 Å². The normalized spacial score (nSPS) is 25.1. The zero-order chi connectivity index (χ0) is 29.8. The number of ketones is 1. The Balaban J connectivity index is 1.83. The van der Waals surface area contributed by atoms with Gasteiger partial charge in [-0.25, -0.2) is 4.79 Å². The number of likely N-dealkylation sites (tertiary alicyclic amines) is 1. The Morgan fingerprint density at radius 2 is 1.70 bits per heavy atom. The van der Waals surface area contributed by atoms with Gasteiger partial charge in [0, 0.05) is 18.6 Å². The molecule has 0 bridgehead atoms. The van der Waals surface area contributed by atoms with Crippen molar-refractivity contribution in [2.75, 3.05) is 13.1 Å². The molecule has 4 N–H and O–H groups in total. The topological polar surface area (TPSA) is 137 Å². The first-order valence-corrected chi connectivity index (χ1v) is 14.8. The van der Waals surface area contributed by atoms with E-state index in [4.69, 9.17) is 0 Å². The lowest BCUT2D eigenvalue weighted by molar-refractivity contribution is -0.144. The Morgan fingerprint density at radius 1 is 1.05 bits per heavy atom. The van der Waals surface area contributed by atoms with Gasteiger partial charge in [-0.15, -0.1) is 6.58 Å². The first-order chi connectivity index (χ1) is 18.7. The molecular formula is C30H49N5O5. The quantitative estimate of drug-likeness (QED) is 0.228. The van der Waals surface area contributed by atoms with Crippen molar-refractivity contribution in [3.8, 4) is 0 Å². The zero-order valence-corrected chi connectivity index (χ0v) is 25.1. The number of amides is 5. The summed E-state index contributed by atoms with van der Waals surface area (Å²) in [4.78, 5) is 67.8. The van der Waals surface area contributed by atoms with E-state index in [0.29, 0.717) is 19.4 Å². The molecule has 40 heavy (non-hydrogen) atoms. The average molecular weight is 560 g/mol. The lowest BCUT2D eigenvalue weighted by atomic mass is 9.83. The molecule has 1 heterocycles. The van der Waals surface area contributed by atoms with Crippen LogP contribution in [0.15, 0.2) is 12.7 Å². The van der Waals surface area contributed by atoms with E-state index in [0.717, 1.165) is 32.1 Å². The van der Waals surface area contributed by atoms with Crippen LogP contribution in [-0.4, -0.2) is 71.2 Å². The molecule has 5 amide bonds. The van der Waals surface area contributed by atoms with Crippen LogP contribution in [0, 0.1) is 23.2 Å². The summed E-state index contributed by atoms with van der Waals surface area (Å²) >= 11 is 0. The predicted molar refractivity (Wildman–Crippen MR) is 153 cm³/mol. The number of carbonyl (C=O) groups excluding carboxylic acids is 5. The van der Waals surface area contributed by atoms with Gasteiger partial charge in [-0.05, 0) is 63.2 Å². The van der Waals surface area contributed by atoms with Gasteiger partial charge in [0.25, 0.3) is 5.91 Å². The summed E-state index contributed by atoms with van der Waals surface area (Å²) in [7, 11) is 0. The fourth-order valence-corrected chi connectivity index (χ4v) is 6.58. The molecule has 10 heteroatoms. The highest BCUT2D eigenvalue weighted by molar-refractivity contribution is 6.38. The number of fused-ring (bicyclic) bond motifs is 1. The third-order valence-corrected chi connectivity index (χ3v) is 8.76. The summed E-state index contributed by atoms with van der Waals surface area (Å²) in [5.74, 6) is -2.06. The van der Waals surface area contributed by atoms with Gasteiger partial charge in [-0.2, -0.15) is 0 Å². The van der Waals surface area contributed by atoms with Crippen molar-refractivity contribution < 1.29 is 24.0 Å². The van der Waals surface area contributed by atoms with Crippen LogP contribution in [0.3, 0.4) is 0 Å². The van der Waals surface area contributed by atoms with Gasteiger partial charge in [0.1, 0.15) is 12.1 Å². The zero-order valence-electron chi connectivity index (χ0n) is 25.1. The van der Waals surface area contributed by atoms with Crippen molar-refractivity contribution in [2.24, 2.45) is 23.2 Å². The number of Topliss-reactive ketones (excluding diaryl/α,β-unsaturated/α-hetero) is 1. The molecule has 3 rings (SSSR count). The lowest BCUT2D eigenvalue weighted by Crippen LogP contribution is -2.61. The molecule has 3 fully saturated rings. The summed E-state index contributed by atoms with van der Waals surface area (Å²) in [6.07, 6.45) is 7.14. The molecule has 0 aromatic heterocycles. The van der Waals surface area contributed by atoms with Crippen LogP contribution in [0.25, 0.3) is 0 Å². The number of hydrogen-bond acceptors (Lipinski definition) is 5. The van der Waals surface area contributed by atoms with Gasteiger partial charge in [0.05, 0.1) is 6.04 Å². The highest BCUT2D eigenvalue weighted by atomic mass is 16.2. The van der Waals surface area contributed by atoms with Crippen LogP contribution in [0.4, 0.5) is 4.79 Å². The minimum Gasteiger partial charge on any atom is -0.346 e. The maximum atomic E-state index is 14.2. The standard InChI is InChI=1S/C30H49N5O5/c1-8-13-20(24(36)26(38)31-16-9-2)32-25(37)23-21-19(30(21,6)7)17-35(23)27(39)22(18-14-11-10-12-15-18)33-28(40)34-29(3,4)5/h9,18-23H,2,8,10-17H2,1,3-7H3,(H,31,38)(H,32,37)(H2,33,34,40)/t19-,20?,21-,22-,23-/m0/s1. The first-order valence-electron chi connectivity index (χ1n) is 14.8. The van der Waals surface area contributed by atoms with Crippen LogP contribution in [-0.2, 0) is 19.2 Å². The van der Waals surface area contributed by atoms with E-state index in [2.05, 4.69) is 41.7 Å². The SMILES string of the molecule is C=CCNC(=O)C(=O)C(CCC)NC(=O)[C@@H]1[C@@H]2[C@H](CN1C(=O)[C@@H](NC(=O)NC(C)(C)C)C1CCCCC1)C2(C)C. The van der Waals surface area contributed by atoms with E-state index in [1.807, 2.05) is 27.7 Å². The fourth-order valence-electron chi connectivity index (χ4n) is 6.58. The van der Waals surface area contributed by atoms with Crippen molar-refractivity contribution in [2.45, 2.75) is 110 Å². The molecule has 224 valence electrons. The number of urea groups is 1. The van der Waals surface area contributed by atoms with Crippen molar-refractivity contribution in [1.29, 1.82) is 0 Å². The number of nitrogens with one attached hydrogen (secondary N) is 4. The molecule has 1 saturated heterocycles. The second-order valence-corrected chi connectivity index (χ2v) is 13.3. The van der Waals surface area contributed by atoms with E-state index in [-0.39, 0.29) is 35.6 Å². The smallest absolute Gasteiger partial charge is 0.315 e. The molecule has 2 aliphatic carbocycles. The van der Waals surface area contributed by atoms with Gasteiger partial charge in [-0.3, -0.25) is 19.2 Å². The van der Waals surface area contributed by atoms with E-state index in [9.17, 15) is 24.0 Å². The van der Waals surface area contributed by atoms with E-state index < -0.39 is 47.3 Å². The lowest BCUT2D eigenvalue weighted by Gasteiger charge is -2.37. The summed E-state index contributed by atoms with van der Waals surface area (Å²) in [6, 6.07) is -2.89. The van der Waals surface area contributed by atoms with Crippen LogP contribution < -0.4 is 21.3 Å². The molecular weight excluding hydrogens is 510 g/mol. The monoisotopic (exact) mass is 559 g/mol. The molecule has 0 aromatic carbocycles. The minimum atomic E-state index is -0.981. The molecule has 3 aliphatic rings. The number of hydrogen-bond donors (Lipinski definition) is 4. The molecule has 10 nitrogen and oxygen atoms in total. The third kappa shape index (κ3) is 7.23. The Bertz CT molecular complexity index is 997. The van der Waals surface area contributed by atoms with Gasteiger partial charge in [0.2, 0.25) is 17.6 Å². The van der Waals surface area contributed by atoms with E-state index >= 15 is 0 Å². The van der Waals surface area contributed by atoms with Crippen LogP contribution in [0.5, 0.6) is 0 Å². The first kappa shape index (κ1) is 31.6. The molecule has 1 aliphatic heterocycles. The summed E-state index contributed by atoms with van der Waals surface area (Å²) in [6.45, 7) is 15.8. The highest BCUT2D eigenvalue weighted by Gasteiger charge is 2.69. The number of piperidine rings is 1. The van der Waals surface area contributed by atoms with Crippen molar-refractivity contribution >= 4 is 29.5 Å².